The Morgan fingerprint density at radius 2 is 1.82 bits per heavy atom. The largest absolute Gasteiger partial charge is 0.279 e. The third-order valence-electron chi connectivity index (χ3n) is 6.80. The molecule has 0 saturated carbocycles. The molecular formula is C29H25N3O. The van der Waals surface area contributed by atoms with E-state index in [9.17, 15) is 4.79 Å². The highest BCUT2D eigenvalue weighted by Crippen LogP contribution is 2.40. The Bertz CT molecular complexity index is 1460. The van der Waals surface area contributed by atoms with Gasteiger partial charge in [0.05, 0.1) is 11.2 Å². The number of rotatable bonds is 3. The number of benzene rings is 2. The van der Waals surface area contributed by atoms with E-state index in [-0.39, 0.29) is 5.91 Å². The van der Waals surface area contributed by atoms with E-state index in [4.69, 9.17) is 5.10 Å². The summed E-state index contributed by atoms with van der Waals surface area (Å²) in [5, 5.41) is 5.96. The van der Waals surface area contributed by atoms with Crippen molar-refractivity contribution >= 4 is 28.0 Å². The molecule has 0 saturated heterocycles. The molecule has 0 amide bonds. The maximum Gasteiger partial charge on any atom is 0.279 e. The topological polar surface area (TPSA) is 47.8 Å². The number of hydrogen-bond acceptors (Lipinski definition) is 3. The van der Waals surface area contributed by atoms with Crippen LogP contribution in [0.15, 0.2) is 78.5 Å². The molecule has 6 rings (SSSR count). The summed E-state index contributed by atoms with van der Waals surface area (Å²) in [6.45, 7) is 2.08. The first-order chi connectivity index (χ1) is 16.2. The van der Waals surface area contributed by atoms with Crippen LogP contribution in [0.2, 0.25) is 0 Å². The van der Waals surface area contributed by atoms with E-state index in [0.29, 0.717) is 0 Å². The highest BCUT2D eigenvalue weighted by Gasteiger charge is 2.32. The molecule has 33 heavy (non-hydrogen) atoms. The lowest BCUT2D eigenvalue weighted by Crippen LogP contribution is -2.23. The van der Waals surface area contributed by atoms with Crippen LogP contribution in [0.25, 0.3) is 33.3 Å². The second-order valence-corrected chi connectivity index (χ2v) is 8.97. The van der Waals surface area contributed by atoms with Gasteiger partial charge in [0.15, 0.2) is 0 Å². The lowest BCUT2D eigenvalue weighted by Gasteiger charge is -2.21. The number of hydrogen-bond donors (Lipinski definition) is 0. The van der Waals surface area contributed by atoms with Crippen molar-refractivity contribution in [1.82, 2.24) is 14.8 Å². The average Bonchev–Trinajstić information content (AvgIpc) is 3.24. The summed E-state index contributed by atoms with van der Waals surface area (Å²) in [6, 6.07) is 20.3. The fourth-order valence-electron chi connectivity index (χ4n) is 5.21. The Labute approximate surface area is 193 Å². The second-order valence-electron chi connectivity index (χ2n) is 8.97. The zero-order valence-electron chi connectivity index (χ0n) is 18.7. The first-order valence-electron chi connectivity index (χ1n) is 11.7. The fraction of sp³-hybridized carbons (Fsp3) is 0.207. The molecule has 2 aromatic heterocycles. The zero-order valence-corrected chi connectivity index (χ0v) is 18.7. The molecule has 3 heterocycles. The second kappa shape index (κ2) is 7.96. The first-order valence-corrected chi connectivity index (χ1v) is 11.7. The molecule has 4 heteroatoms. The van der Waals surface area contributed by atoms with Crippen LogP contribution in [-0.4, -0.2) is 20.7 Å². The summed E-state index contributed by atoms with van der Waals surface area (Å²) < 4.78 is 1.67. The number of allylic oxidation sites excluding steroid dienone is 4. The fourth-order valence-corrected chi connectivity index (χ4v) is 5.21. The van der Waals surface area contributed by atoms with Gasteiger partial charge >= 0.3 is 0 Å². The van der Waals surface area contributed by atoms with Crippen LogP contribution in [0.3, 0.4) is 0 Å². The van der Waals surface area contributed by atoms with Gasteiger partial charge in [-0.3, -0.25) is 9.78 Å². The Balaban J connectivity index is 1.52. The van der Waals surface area contributed by atoms with E-state index in [1.807, 2.05) is 42.5 Å². The van der Waals surface area contributed by atoms with E-state index in [2.05, 4.69) is 36.2 Å². The van der Waals surface area contributed by atoms with Gasteiger partial charge in [-0.05, 0) is 61.9 Å². The maximum absolute atomic E-state index is 13.9. The molecule has 4 nitrogen and oxygen atoms in total. The molecule has 1 aliphatic carbocycles. The Hall–Kier alpha value is -3.79. The molecule has 0 fully saturated rings. The lowest BCUT2D eigenvalue weighted by atomic mass is 9.87. The summed E-state index contributed by atoms with van der Waals surface area (Å²) in [5.74, 6) is -0.0446. The van der Waals surface area contributed by atoms with Crippen LogP contribution >= 0.6 is 0 Å². The van der Waals surface area contributed by atoms with Crippen LogP contribution in [0.1, 0.15) is 54.2 Å². The van der Waals surface area contributed by atoms with Gasteiger partial charge in [-0.15, -0.1) is 0 Å². The van der Waals surface area contributed by atoms with Gasteiger partial charge in [-0.1, -0.05) is 54.1 Å². The molecule has 0 bridgehead atoms. The summed E-state index contributed by atoms with van der Waals surface area (Å²) >= 11 is 0. The van der Waals surface area contributed by atoms with E-state index in [1.165, 1.54) is 18.4 Å². The normalized spacial score (nSPS) is 16.2. The molecule has 0 N–H and O–H groups in total. The molecule has 2 aromatic carbocycles. The van der Waals surface area contributed by atoms with Crippen molar-refractivity contribution in [2.24, 2.45) is 0 Å². The summed E-state index contributed by atoms with van der Waals surface area (Å²) in [4.78, 5) is 18.3. The number of fused-ring (bicyclic) bond motifs is 2. The predicted molar refractivity (Wildman–Crippen MR) is 133 cm³/mol. The van der Waals surface area contributed by atoms with Crippen LogP contribution in [0.5, 0.6) is 0 Å². The van der Waals surface area contributed by atoms with Crippen molar-refractivity contribution in [2.45, 2.75) is 39.0 Å². The summed E-state index contributed by atoms with van der Waals surface area (Å²) in [7, 11) is 0. The van der Waals surface area contributed by atoms with Gasteiger partial charge < -0.3 is 0 Å². The highest BCUT2D eigenvalue weighted by atomic mass is 16.2. The van der Waals surface area contributed by atoms with E-state index >= 15 is 0 Å². The van der Waals surface area contributed by atoms with Gasteiger partial charge in [0, 0.05) is 34.7 Å². The summed E-state index contributed by atoms with van der Waals surface area (Å²) in [6.07, 6.45) is 9.41. The van der Waals surface area contributed by atoms with Crippen molar-refractivity contribution in [2.75, 3.05) is 0 Å². The molecule has 0 spiro atoms. The minimum Gasteiger partial charge on any atom is -0.267 e. The molecule has 0 atom stereocenters. The van der Waals surface area contributed by atoms with Crippen LogP contribution < -0.4 is 0 Å². The number of aromatic nitrogens is 3. The first kappa shape index (κ1) is 19.9. The number of pyridine rings is 1. The Morgan fingerprint density at radius 1 is 0.939 bits per heavy atom. The van der Waals surface area contributed by atoms with Crippen LogP contribution in [0.4, 0.5) is 0 Å². The third kappa shape index (κ3) is 3.34. The van der Waals surface area contributed by atoms with E-state index < -0.39 is 0 Å². The van der Waals surface area contributed by atoms with Crippen LogP contribution in [0, 0.1) is 0 Å². The van der Waals surface area contributed by atoms with Gasteiger partial charge in [-0.2, -0.15) is 9.78 Å². The molecular weight excluding hydrogens is 406 g/mol. The minimum atomic E-state index is -0.0446. The number of carbonyl (C=O) groups excluding carboxylic acids is 1. The van der Waals surface area contributed by atoms with Gasteiger partial charge in [0.2, 0.25) is 0 Å². The van der Waals surface area contributed by atoms with Gasteiger partial charge in [-0.25, -0.2) is 0 Å². The van der Waals surface area contributed by atoms with Crippen LogP contribution in [-0.2, 0) is 6.42 Å². The van der Waals surface area contributed by atoms with E-state index in [1.54, 1.807) is 10.9 Å². The predicted octanol–water partition coefficient (Wildman–Crippen LogP) is 6.73. The molecule has 1 aliphatic heterocycles. The van der Waals surface area contributed by atoms with Crippen molar-refractivity contribution in [3.05, 3.63) is 95.3 Å². The molecule has 0 radical (unpaired) electrons. The Kier molecular flexibility index (Phi) is 4.79. The molecule has 162 valence electrons. The maximum atomic E-state index is 13.9. The molecule has 4 aromatic rings. The van der Waals surface area contributed by atoms with Gasteiger partial charge in [0.25, 0.3) is 5.91 Å². The monoisotopic (exact) mass is 431 g/mol. The average molecular weight is 432 g/mol. The lowest BCUT2D eigenvalue weighted by molar-refractivity contribution is 0.0958. The summed E-state index contributed by atoms with van der Waals surface area (Å²) in [5.41, 5.74) is 9.20. The third-order valence-corrected chi connectivity index (χ3v) is 6.80. The SMILES string of the molecule is CC1=C(c2ccc3ncccc3c2)C(=O)n2nc(-c3ccccc3)c(C3=CCCCC3)c2C1. The van der Waals surface area contributed by atoms with Crippen molar-refractivity contribution in [3.63, 3.8) is 0 Å². The van der Waals surface area contributed by atoms with Crippen molar-refractivity contribution in [1.29, 1.82) is 0 Å². The number of carbonyl (C=O) groups is 1. The number of nitrogens with zero attached hydrogens (tertiary/aromatic N) is 3. The highest BCUT2D eigenvalue weighted by molar-refractivity contribution is 6.23. The molecule has 0 unspecified atom stereocenters. The standard InChI is InChI=1S/C29H25N3O/c1-19-17-25-27(20-9-4-2-5-10-20)28(21-11-6-3-7-12-21)31-32(25)29(33)26(19)23-14-15-24-22(18-23)13-8-16-30-24/h3,6-9,11-16,18H,2,4-5,10,17H2,1H3. The zero-order chi connectivity index (χ0) is 22.4. The molecule has 2 aliphatic rings. The van der Waals surface area contributed by atoms with E-state index in [0.717, 1.165) is 69.4 Å². The van der Waals surface area contributed by atoms with Crippen molar-refractivity contribution < 1.29 is 4.79 Å². The van der Waals surface area contributed by atoms with Crippen molar-refractivity contribution in [3.8, 4) is 11.3 Å². The quantitative estimate of drug-likeness (QED) is 0.361. The smallest absolute Gasteiger partial charge is 0.267 e. The minimum absolute atomic E-state index is 0.0446. The van der Waals surface area contributed by atoms with Gasteiger partial charge in [0.1, 0.15) is 5.69 Å². The Morgan fingerprint density at radius 3 is 2.64 bits per heavy atom.